The first-order chi connectivity index (χ1) is 14.8. The van der Waals surface area contributed by atoms with Crippen molar-refractivity contribution in [2.75, 3.05) is 44.2 Å². The molecule has 8 heteroatoms. The van der Waals surface area contributed by atoms with Crippen molar-refractivity contribution in [1.82, 2.24) is 9.80 Å². The third-order valence-electron chi connectivity index (χ3n) is 7.13. The summed E-state index contributed by atoms with van der Waals surface area (Å²) in [5, 5.41) is 0. The molecule has 3 saturated heterocycles. The van der Waals surface area contributed by atoms with Crippen molar-refractivity contribution in [2.24, 2.45) is 0 Å². The van der Waals surface area contributed by atoms with Crippen LogP contribution in [0.25, 0.3) is 0 Å². The summed E-state index contributed by atoms with van der Waals surface area (Å²) in [7, 11) is -0.322. The molecule has 0 aliphatic carbocycles. The Bertz CT molecular complexity index is 807. The number of likely N-dealkylation sites (tertiary alicyclic amines) is 1. The number of carbonyl (C=O) groups is 1. The van der Waals surface area contributed by atoms with E-state index in [1.54, 1.807) is 4.90 Å². The molecule has 0 aromatic heterocycles. The second-order valence-electron chi connectivity index (χ2n) is 11.2. The molecule has 1 aromatic rings. The van der Waals surface area contributed by atoms with Gasteiger partial charge in [-0.3, -0.25) is 4.90 Å². The lowest BCUT2D eigenvalue weighted by atomic mass is 9.79. The number of piperazine rings is 1. The van der Waals surface area contributed by atoms with Crippen molar-refractivity contribution in [2.45, 2.75) is 71.3 Å². The quantitative estimate of drug-likeness (QED) is 0.670. The number of hydrogen-bond donors (Lipinski definition) is 0. The lowest BCUT2D eigenvalue weighted by molar-refractivity contribution is -0.0162. The molecule has 32 heavy (non-hydrogen) atoms. The Morgan fingerprint density at radius 3 is 2.00 bits per heavy atom. The highest BCUT2D eigenvalue weighted by atomic mass is 16.7. The SMILES string of the molecule is CC(C)(C)OC(=O)N1CC(N2CCN(c3ccc(B4OC(C)(C)C(C)(C)O4)cc3)CC2)C1. The molecule has 1 amide bonds. The Morgan fingerprint density at radius 1 is 0.969 bits per heavy atom. The van der Waals surface area contributed by atoms with Crippen molar-refractivity contribution in [3.8, 4) is 0 Å². The van der Waals surface area contributed by atoms with E-state index in [1.165, 1.54) is 5.69 Å². The fraction of sp³-hybridized carbons (Fsp3) is 0.708. The predicted molar refractivity (Wildman–Crippen MR) is 128 cm³/mol. The molecule has 0 spiro atoms. The smallest absolute Gasteiger partial charge is 0.444 e. The van der Waals surface area contributed by atoms with Crippen LogP contribution >= 0.6 is 0 Å². The molecule has 0 bridgehead atoms. The van der Waals surface area contributed by atoms with Gasteiger partial charge in [0.05, 0.1) is 11.2 Å². The summed E-state index contributed by atoms with van der Waals surface area (Å²) in [6.07, 6.45) is -0.200. The number of anilines is 1. The van der Waals surface area contributed by atoms with Gasteiger partial charge in [0.2, 0.25) is 0 Å². The van der Waals surface area contributed by atoms with E-state index in [0.717, 1.165) is 44.7 Å². The largest absolute Gasteiger partial charge is 0.494 e. The first-order valence-corrected chi connectivity index (χ1v) is 11.8. The summed E-state index contributed by atoms with van der Waals surface area (Å²) in [6, 6.07) is 9.02. The average Bonchev–Trinajstić information content (AvgIpc) is 2.87. The highest BCUT2D eigenvalue weighted by molar-refractivity contribution is 6.62. The Kier molecular flexibility index (Phi) is 6.01. The molecule has 3 heterocycles. The van der Waals surface area contributed by atoms with Crippen LogP contribution in [0.4, 0.5) is 10.5 Å². The molecule has 176 valence electrons. The van der Waals surface area contributed by atoms with E-state index in [1.807, 2.05) is 20.8 Å². The molecule has 7 nitrogen and oxygen atoms in total. The van der Waals surface area contributed by atoms with E-state index in [4.69, 9.17) is 14.0 Å². The van der Waals surface area contributed by atoms with Gasteiger partial charge >= 0.3 is 13.2 Å². The molecule has 0 unspecified atom stereocenters. The van der Waals surface area contributed by atoms with Crippen LogP contribution in [0.2, 0.25) is 0 Å². The van der Waals surface area contributed by atoms with Crippen molar-refractivity contribution < 1.29 is 18.8 Å². The topological polar surface area (TPSA) is 54.5 Å². The molecular weight excluding hydrogens is 405 g/mol. The van der Waals surface area contributed by atoms with E-state index in [9.17, 15) is 4.79 Å². The normalized spacial score (nSPS) is 23.9. The molecular formula is C24H38BN3O4. The fourth-order valence-corrected chi connectivity index (χ4v) is 4.33. The molecule has 0 atom stereocenters. The van der Waals surface area contributed by atoms with Gasteiger partial charge in [0.1, 0.15) is 5.60 Å². The third-order valence-corrected chi connectivity index (χ3v) is 7.13. The Hall–Kier alpha value is -1.77. The molecule has 3 fully saturated rings. The summed E-state index contributed by atoms with van der Waals surface area (Å²) in [5.41, 5.74) is 1.20. The number of carbonyl (C=O) groups excluding carboxylic acids is 1. The zero-order valence-electron chi connectivity index (χ0n) is 20.7. The van der Waals surface area contributed by atoms with E-state index >= 15 is 0 Å². The second-order valence-corrected chi connectivity index (χ2v) is 11.2. The minimum absolute atomic E-state index is 0.200. The maximum Gasteiger partial charge on any atom is 0.494 e. The van der Waals surface area contributed by atoms with Gasteiger partial charge in [-0.15, -0.1) is 0 Å². The minimum Gasteiger partial charge on any atom is -0.444 e. The van der Waals surface area contributed by atoms with Crippen LogP contribution in [0.1, 0.15) is 48.5 Å². The molecule has 3 aliphatic rings. The zero-order chi connectivity index (χ0) is 23.3. The van der Waals surface area contributed by atoms with Gasteiger partial charge in [-0.25, -0.2) is 4.79 Å². The van der Waals surface area contributed by atoms with Gasteiger partial charge < -0.3 is 23.8 Å². The highest BCUT2D eigenvalue weighted by Gasteiger charge is 2.51. The van der Waals surface area contributed by atoms with Gasteiger partial charge in [-0.1, -0.05) is 12.1 Å². The molecule has 0 N–H and O–H groups in total. The van der Waals surface area contributed by atoms with Crippen molar-refractivity contribution >= 4 is 24.4 Å². The van der Waals surface area contributed by atoms with E-state index in [-0.39, 0.29) is 24.4 Å². The highest BCUT2D eigenvalue weighted by Crippen LogP contribution is 2.36. The van der Waals surface area contributed by atoms with Gasteiger partial charge in [0, 0.05) is 51.0 Å². The Balaban J connectivity index is 1.25. The zero-order valence-corrected chi connectivity index (χ0v) is 20.7. The molecule has 3 aliphatic heterocycles. The molecule has 0 saturated carbocycles. The Labute approximate surface area is 193 Å². The third kappa shape index (κ3) is 4.77. The summed E-state index contributed by atoms with van der Waals surface area (Å²) < 4.78 is 17.8. The fourth-order valence-electron chi connectivity index (χ4n) is 4.33. The van der Waals surface area contributed by atoms with Crippen LogP contribution in [0.3, 0.4) is 0 Å². The Morgan fingerprint density at radius 2 is 1.50 bits per heavy atom. The summed E-state index contributed by atoms with van der Waals surface area (Å²) in [5.74, 6) is 0. The van der Waals surface area contributed by atoms with E-state index in [0.29, 0.717) is 6.04 Å². The van der Waals surface area contributed by atoms with Gasteiger partial charge in [-0.05, 0) is 66.1 Å². The predicted octanol–water partition coefficient (Wildman–Crippen LogP) is 2.73. The second kappa shape index (κ2) is 8.22. The maximum atomic E-state index is 12.2. The summed E-state index contributed by atoms with van der Waals surface area (Å²) in [4.78, 5) is 18.9. The lowest BCUT2D eigenvalue weighted by Gasteiger charge is -2.48. The van der Waals surface area contributed by atoms with Crippen molar-refractivity contribution in [3.63, 3.8) is 0 Å². The van der Waals surface area contributed by atoms with Crippen LogP contribution in [-0.2, 0) is 14.0 Å². The van der Waals surface area contributed by atoms with Crippen LogP contribution in [-0.4, -0.2) is 85.1 Å². The standard InChI is InChI=1S/C24H38BN3O4/c1-22(2,3)30-21(29)28-16-20(17-28)27-14-12-26(13-15-27)19-10-8-18(9-11-19)25-31-23(4,5)24(6,7)32-25/h8-11,20H,12-17H2,1-7H3. The van der Waals surface area contributed by atoms with Gasteiger partial charge in [0.15, 0.2) is 0 Å². The maximum absolute atomic E-state index is 12.2. The minimum atomic E-state index is -0.439. The lowest BCUT2D eigenvalue weighted by Crippen LogP contribution is -2.64. The number of rotatable bonds is 3. The summed E-state index contributed by atoms with van der Waals surface area (Å²) >= 11 is 0. The van der Waals surface area contributed by atoms with Crippen LogP contribution < -0.4 is 10.4 Å². The average molecular weight is 443 g/mol. The number of nitrogens with zero attached hydrogens (tertiary/aromatic N) is 3. The molecule has 4 rings (SSSR count). The van der Waals surface area contributed by atoms with Crippen molar-refractivity contribution in [1.29, 1.82) is 0 Å². The van der Waals surface area contributed by atoms with Crippen LogP contribution in [0.5, 0.6) is 0 Å². The van der Waals surface area contributed by atoms with E-state index < -0.39 is 5.60 Å². The molecule has 1 aromatic carbocycles. The number of ether oxygens (including phenoxy) is 1. The first kappa shape index (κ1) is 23.4. The number of hydrogen-bond acceptors (Lipinski definition) is 6. The van der Waals surface area contributed by atoms with Crippen LogP contribution in [0.15, 0.2) is 24.3 Å². The number of amides is 1. The summed E-state index contributed by atoms with van der Waals surface area (Å²) in [6.45, 7) is 19.5. The van der Waals surface area contributed by atoms with Crippen molar-refractivity contribution in [3.05, 3.63) is 24.3 Å². The van der Waals surface area contributed by atoms with Gasteiger partial charge in [-0.2, -0.15) is 0 Å². The number of benzene rings is 1. The van der Waals surface area contributed by atoms with Crippen LogP contribution in [0, 0.1) is 0 Å². The first-order valence-electron chi connectivity index (χ1n) is 11.8. The monoisotopic (exact) mass is 443 g/mol. The van der Waals surface area contributed by atoms with Gasteiger partial charge in [0.25, 0.3) is 0 Å². The molecule has 0 radical (unpaired) electrons. The van der Waals surface area contributed by atoms with E-state index in [2.05, 4.69) is 61.8 Å².